The number of hydrogen-bond acceptors (Lipinski definition) is 5. The third-order valence-electron chi connectivity index (χ3n) is 6.21. The molecule has 1 aromatic heterocycles. The van der Waals surface area contributed by atoms with Gasteiger partial charge in [-0.25, -0.2) is 4.99 Å². The summed E-state index contributed by atoms with van der Waals surface area (Å²) in [5, 5.41) is 2.97. The van der Waals surface area contributed by atoms with Crippen molar-refractivity contribution in [2.75, 3.05) is 11.9 Å². The fourth-order valence-electron chi connectivity index (χ4n) is 4.39. The molecule has 7 heteroatoms. The molecular formula is C31H25N3O3S. The van der Waals surface area contributed by atoms with Crippen LogP contribution in [0, 0.1) is 19.3 Å². The topological polar surface area (TPSA) is 72.7 Å². The van der Waals surface area contributed by atoms with Crippen LogP contribution >= 0.6 is 11.3 Å². The molecular weight excluding hydrogens is 494 g/mol. The molecule has 6 nitrogen and oxygen atoms in total. The summed E-state index contributed by atoms with van der Waals surface area (Å²) in [7, 11) is 0. The smallest absolute Gasteiger partial charge is 0.271 e. The number of amides is 1. The Hall–Kier alpha value is -4.67. The lowest BCUT2D eigenvalue weighted by Crippen LogP contribution is -2.40. The van der Waals surface area contributed by atoms with Gasteiger partial charge in [0, 0.05) is 11.3 Å². The number of nitrogens with zero attached hydrogens (tertiary/aromatic N) is 2. The average molecular weight is 520 g/mol. The zero-order valence-corrected chi connectivity index (χ0v) is 21.8. The number of hydrogen-bond donors (Lipinski definition) is 1. The first-order chi connectivity index (χ1) is 18.5. The van der Waals surface area contributed by atoms with Gasteiger partial charge >= 0.3 is 0 Å². The minimum atomic E-state index is -0.634. The van der Waals surface area contributed by atoms with E-state index in [1.165, 1.54) is 11.3 Å². The first-order valence-electron chi connectivity index (χ1n) is 12.1. The predicted octanol–water partition coefficient (Wildman–Crippen LogP) is 4.19. The third-order valence-corrected chi connectivity index (χ3v) is 7.19. The lowest BCUT2D eigenvalue weighted by molar-refractivity contribution is -0.113. The van der Waals surface area contributed by atoms with E-state index < -0.39 is 6.04 Å². The molecule has 1 atom stereocenters. The number of rotatable bonds is 6. The van der Waals surface area contributed by atoms with E-state index in [-0.39, 0.29) is 18.1 Å². The van der Waals surface area contributed by atoms with E-state index in [1.54, 1.807) is 17.6 Å². The minimum Gasteiger partial charge on any atom is -0.480 e. The molecule has 0 saturated heterocycles. The summed E-state index contributed by atoms with van der Waals surface area (Å²) in [6.45, 7) is 3.93. The highest BCUT2D eigenvalue weighted by atomic mass is 32.1. The van der Waals surface area contributed by atoms with Crippen molar-refractivity contribution in [3.05, 3.63) is 127 Å². The highest BCUT2D eigenvalue weighted by Crippen LogP contribution is 2.31. The van der Waals surface area contributed by atoms with Crippen molar-refractivity contribution < 1.29 is 9.53 Å². The molecule has 0 aliphatic carbocycles. The van der Waals surface area contributed by atoms with Crippen LogP contribution in [0.3, 0.4) is 0 Å². The van der Waals surface area contributed by atoms with E-state index in [2.05, 4.69) is 11.2 Å². The maximum Gasteiger partial charge on any atom is 0.271 e. The fraction of sp³-hybridized carbons (Fsp3) is 0.129. The number of ether oxygens (including phenoxy) is 1. The summed E-state index contributed by atoms with van der Waals surface area (Å²) < 4.78 is 7.76. The van der Waals surface area contributed by atoms with Crippen LogP contribution in [-0.2, 0) is 4.79 Å². The van der Waals surface area contributed by atoms with Crippen LogP contribution in [0.4, 0.5) is 5.69 Å². The Bertz CT molecular complexity index is 1760. The van der Waals surface area contributed by atoms with Crippen molar-refractivity contribution in [1.82, 2.24) is 4.57 Å². The maximum absolute atomic E-state index is 13.9. The van der Waals surface area contributed by atoms with Crippen LogP contribution in [0.2, 0.25) is 0 Å². The number of aromatic nitrogens is 1. The molecule has 0 spiro atoms. The highest BCUT2D eigenvalue weighted by Gasteiger charge is 2.32. The lowest BCUT2D eigenvalue weighted by atomic mass is 9.94. The molecule has 4 aromatic rings. The van der Waals surface area contributed by atoms with Gasteiger partial charge in [-0.2, -0.15) is 0 Å². The second-order valence-corrected chi connectivity index (χ2v) is 9.85. The first kappa shape index (κ1) is 25.0. The summed E-state index contributed by atoms with van der Waals surface area (Å²) in [4.78, 5) is 32.7. The lowest BCUT2D eigenvalue weighted by Gasteiger charge is -2.25. The number of aryl methyl sites for hydroxylation is 1. The Labute approximate surface area is 224 Å². The minimum absolute atomic E-state index is 0.124. The first-order valence-corrected chi connectivity index (χ1v) is 12.9. The number of benzene rings is 3. The van der Waals surface area contributed by atoms with Gasteiger partial charge in [-0.1, -0.05) is 83.5 Å². The summed E-state index contributed by atoms with van der Waals surface area (Å²) in [5.74, 6) is 2.75. The van der Waals surface area contributed by atoms with Crippen molar-refractivity contribution in [1.29, 1.82) is 0 Å². The van der Waals surface area contributed by atoms with Crippen molar-refractivity contribution in [2.24, 2.45) is 4.99 Å². The van der Waals surface area contributed by atoms with Gasteiger partial charge in [0.05, 0.1) is 21.8 Å². The van der Waals surface area contributed by atoms with E-state index in [4.69, 9.17) is 16.2 Å². The number of terminal acetylenes is 1. The number of carbonyl (C=O) groups excluding carboxylic acids is 1. The highest BCUT2D eigenvalue weighted by molar-refractivity contribution is 7.07. The van der Waals surface area contributed by atoms with Crippen LogP contribution in [0.15, 0.2) is 99.9 Å². The molecule has 38 heavy (non-hydrogen) atoms. The van der Waals surface area contributed by atoms with Crippen molar-refractivity contribution in [2.45, 2.75) is 19.9 Å². The molecule has 2 heterocycles. The Morgan fingerprint density at radius 2 is 1.79 bits per heavy atom. The quantitative estimate of drug-likeness (QED) is 0.388. The second kappa shape index (κ2) is 10.8. The molecule has 0 radical (unpaired) electrons. The maximum atomic E-state index is 13.9. The average Bonchev–Trinajstić information content (AvgIpc) is 3.22. The Morgan fingerprint density at radius 3 is 2.53 bits per heavy atom. The molecule has 1 amide bonds. The number of anilines is 1. The largest absolute Gasteiger partial charge is 0.480 e. The molecule has 1 N–H and O–H groups in total. The van der Waals surface area contributed by atoms with Gasteiger partial charge in [0.1, 0.15) is 12.4 Å². The van der Waals surface area contributed by atoms with Crippen LogP contribution in [0.5, 0.6) is 5.75 Å². The van der Waals surface area contributed by atoms with E-state index >= 15 is 0 Å². The van der Waals surface area contributed by atoms with Gasteiger partial charge in [0.15, 0.2) is 4.80 Å². The molecule has 5 rings (SSSR count). The molecule has 0 fully saturated rings. The van der Waals surface area contributed by atoms with Gasteiger partial charge in [-0.05, 0) is 43.7 Å². The molecule has 3 aromatic carbocycles. The van der Waals surface area contributed by atoms with Crippen molar-refractivity contribution >= 4 is 29.0 Å². The number of carbonyl (C=O) groups is 1. The van der Waals surface area contributed by atoms with E-state index in [1.807, 2.05) is 85.8 Å². The summed E-state index contributed by atoms with van der Waals surface area (Å²) in [6, 6.07) is 23.9. The summed E-state index contributed by atoms with van der Waals surface area (Å²) in [6.07, 6.45) is 7.14. The number of thiazole rings is 1. The molecule has 0 unspecified atom stereocenters. The summed E-state index contributed by atoms with van der Waals surface area (Å²) >= 11 is 1.28. The number of allylic oxidation sites excluding steroid dienone is 1. The van der Waals surface area contributed by atoms with Gasteiger partial charge < -0.3 is 10.1 Å². The third kappa shape index (κ3) is 4.95. The van der Waals surface area contributed by atoms with Gasteiger partial charge in [-0.3, -0.25) is 14.2 Å². The van der Waals surface area contributed by atoms with E-state index in [9.17, 15) is 9.59 Å². The van der Waals surface area contributed by atoms with Crippen LogP contribution in [0.25, 0.3) is 6.08 Å². The van der Waals surface area contributed by atoms with Gasteiger partial charge in [-0.15, -0.1) is 6.42 Å². The van der Waals surface area contributed by atoms with Crippen LogP contribution < -0.4 is 24.9 Å². The van der Waals surface area contributed by atoms with Crippen molar-refractivity contribution in [3.8, 4) is 18.1 Å². The normalized spacial score (nSPS) is 14.9. The zero-order valence-electron chi connectivity index (χ0n) is 21.0. The second-order valence-electron chi connectivity index (χ2n) is 8.84. The Morgan fingerprint density at radius 1 is 1.08 bits per heavy atom. The molecule has 1 aliphatic rings. The monoisotopic (exact) mass is 519 g/mol. The predicted molar refractivity (Wildman–Crippen MR) is 151 cm³/mol. The number of fused-ring (bicyclic) bond motifs is 1. The molecule has 1 aliphatic heterocycles. The zero-order chi connectivity index (χ0) is 26.6. The van der Waals surface area contributed by atoms with Gasteiger partial charge in [0.25, 0.3) is 11.5 Å². The molecule has 0 bridgehead atoms. The SMILES string of the molecule is C#CCOc1ccccc1/C=c1\sc2n(c1=O)[C@@H](c1ccc(C)cc1)C(C(=O)Nc1ccccc1)=C(C)N=2. The molecule has 188 valence electrons. The number of para-hydroxylation sites is 2. The number of nitrogens with one attached hydrogen (secondary N) is 1. The van der Waals surface area contributed by atoms with E-state index in [0.717, 1.165) is 16.7 Å². The fourth-order valence-corrected chi connectivity index (χ4v) is 5.43. The Balaban J connectivity index is 1.66. The van der Waals surface area contributed by atoms with Crippen LogP contribution in [0.1, 0.15) is 29.7 Å². The van der Waals surface area contributed by atoms with Crippen molar-refractivity contribution in [3.63, 3.8) is 0 Å². The Kier molecular flexibility index (Phi) is 7.07. The van der Waals surface area contributed by atoms with E-state index in [0.29, 0.717) is 32.0 Å². The molecule has 0 saturated carbocycles. The summed E-state index contributed by atoms with van der Waals surface area (Å²) in [5.41, 5.74) is 4.07. The standard InChI is InChI=1S/C31H25N3O3S/c1-4-18-37-25-13-9-8-10-23(25)19-26-30(36)34-28(22-16-14-20(2)15-17-22)27(21(3)32-31(34)38-26)29(35)33-24-11-6-5-7-12-24/h1,5-17,19,28H,18H2,2-3H3,(H,33,35)/b26-19-/t28-/m0/s1. The van der Waals surface area contributed by atoms with Crippen LogP contribution in [-0.4, -0.2) is 17.1 Å². The van der Waals surface area contributed by atoms with Gasteiger partial charge in [0.2, 0.25) is 0 Å².